The maximum Gasteiger partial charge on any atom is 0.330 e. The molecule has 0 aliphatic carbocycles. The van der Waals surface area contributed by atoms with Crippen LogP contribution >= 0.6 is 0 Å². The third kappa shape index (κ3) is 4.96. The minimum Gasteiger partial charge on any atom is -0.277 e. The highest BCUT2D eigenvalue weighted by molar-refractivity contribution is 6.19. The van der Waals surface area contributed by atoms with Gasteiger partial charge in [0.15, 0.2) is 0 Å². The maximum atomic E-state index is 13.6. The Labute approximate surface area is 178 Å². The molecule has 0 radical (unpaired) electrons. The largest absolute Gasteiger partial charge is 0.330 e. The van der Waals surface area contributed by atoms with E-state index in [1.165, 1.54) is 4.90 Å². The predicted octanol–water partition coefficient (Wildman–Crippen LogP) is 4.51. The van der Waals surface area contributed by atoms with Crippen molar-refractivity contribution in [1.82, 2.24) is 10.2 Å². The SMILES string of the molecule is CCCCCCCN1C(=O)NC(=O)C(Cc2ccccc2)(Cc2ccccc2)C1=O. The molecule has 1 fully saturated rings. The zero-order valence-corrected chi connectivity index (χ0v) is 17.6. The number of benzene rings is 2. The number of nitrogens with one attached hydrogen (secondary N) is 1. The standard InChI is InChI=1S/C25H30N2O3/c1-2-3-4-5-12-17-27-23(29)25(22(28)26-24(27)30,18-20-13-8-6-9-14-20)19-21-15-10-7-11-16-21/h6-11,13-16H,2-5,12,17-19H2,1H3,(H,26,28,30). The van der Waals surface area contributed by atoms with E-state index in [9.17, 15) is 14.4 Å². The Kier molecular flexibility index (Phi) is 7.39. The van der Waals surface area contributed by atoms with Gasteiger partial charge in [0.25, 0.3) is 0 Å². The van der Waals surface area contributed by atoms with Crippen molar-refractivity contribution >= 4 is 17.8 Å². The first-order valence-corrected chi connectivity index (χ1v) is 10.8. The van der Waals surface area contributed by atoms with Crippen molar-refractivity contribution in [2.45, 2.75) is 51.9 Å². The van der Waals surface area contributed by atoms with Gasteiger partial charge in [-0.2, -0.15) is 0 Å². The van der Waals surface area contributed by atoms with Crippen LogP contribution in [0.5, 0.6) is 0 Å². The van der Waals surface area contributed by atoms with Gasteiger partial charge in [-0.15, -0.1) is 0 Å². The summed E-state index contributed by atoms with van der Waals surface area (Å²) in [5.74, 6) is -0.896. The van der Waals surface area contributed by atoms with Crippen molar-refractivity contribution in [3.05, 3.63) is 71.8 Å². The Hall–Kier alpha value is -2.95. The third-order valence-electron chi connectivity index (χ3n) is 5.74. The number of nitrogens with zero attached hydrogens (tertiary/aromatic N) is 1. The highest BCUT2D eigenvalue weighted by Gasteiger charge is 2.53. The number of urea groups is 1. The first-order valence-electron chi connectivity index (χ1n) is 10.8. The minimum absolute atomic E-state index is 0.257. The lowest BCUT2D eigenvalue weighted by Gasteiger charge is -2.39. The molecule has 2 aromatic carbocycles. The molecular weight excluding hydrogens is 376 g/mol. The molecule has 158 valence electrons. The van der Waals surface area contributed by atoms with Crippen LogP contribution in [0.25, 0.3) is 0 Å². The zero-order valence-electron chi connectivity index (χ0n) is 17.6. The molecule has 30 heavy (non-hydrogen) atoms. The third-order valence-corrected chi connectivity index (χ3v) is 5.74. The Morgan fingerprint density at radius 2 is 1.30 bits per heavy atom. The van der Waals surface area contributed by atoms with Crippen LogP contribution in [-0.4, -0.2) is 29.3 Å². The molecule has 0 saturated carbocycles. The fraction of sp³-hybridized carbons (Fsp3) is 0.400. The van der Waals surface area contributed by atoms with Gasteiger partial charge in [0, 0.05) is 6.54 Å². The van der Waals surface area contributed by atoms with E-state index in [0.29, 0.717) is 6.54 Å². The maximum absolute atomic E-state index is 13.6. The summed E-state index contributed by atoms with van der Waals surface area (Å²) in [6.45, 7) is 2.49. The minimum atomic E-state index is -1.33. The van der Waals surface area contributed by atoms with E-state index in [1.54, 1.807) is 0 Å². The van der Waals surface area contributed by atoms with E-state index in [0.717, 1.165) is 43.2 Å². The summed E-state index contributed by atoms with van der Waals surface area (Å²) in [6.07, 6.45) is 5.58. The number of carbonyl (C=O) groups is 3. The first kappa shape index (κ1) is 21.8. The van der Waals surface area contributed by atoms with Gasteiger partial charge in [0.1, 0.15) is 5.41 Å². The van der Waals surface area contributed by atoms with Crippen LogP contribution in [0.15, 0.2) is 60.7 Å². The highest BCUT2D eigenvalue weighted by Crippen LogP contribution is 2.34. The lowest BCUT2D eigenvalue weighted by atomic mass is 9.73. The van der Waals surface area contributed by atoms with E-state index < -0.39 is 17.4 Å². The van der Waals surface area contributed by atoms with Crippen LogP contribution in [-0.2, 0) is 22.4 Å². The van der Waals surface area contributed by atoms with Crippen LogP contribution in [0.2, 0.25) is 0 Å². The summed E-state index contributed by atoms with van der Waals surface area (Å²) in [7, 11) is 0. The summed E-state index contributed by atoms with van der Waals surface area (Å²) in [4.78, 5) is 40.5. The summed E-state index contributed by atoms with van der Waals surface area (Å²) in [5.41, 5.74) is 0.461. The summed E-state index contributed by atoms with van der Waals surface area (Å²) >= 11 is 0. The molecule has 1 saturated heterocycles. The van der Waals surface area contributed by atoms with Crippen molar-refractivity contribution < 1.29 is 14.4 Å². The van der Waals surface area contributed by atoms with E-state index in [4.69, 9.17) is 0 Å². The summed E-state index contributed by atoms with van der Waals surface area (Å²) < 4.78 is 0. The molecule has 3 rings (SSSR count). The lowest BCUT2D eigenvalue weighted by Crippen LogP contribution is -2.65. The quantitative estimate of drug-likeness (QED) is 0.466. The molecule has 1 aliphatic heterocycles. The average molecular weight is 407 g/mol. The molecule has 1 aliphatic rings. The molecular formula is C25H30N2O3. The van der Waals surface area contributed by atoms with Crippen LogP contribution in [0, 0.1) is 5.41 Å². The van der Waals surface area contributed by atoms with Gasteiger partial charge >= 0.3 is 6.03 Å². The predicted molar refractivity (Wildman–Crippen MR) is 117 cm³/mol. The van der Waals surface area contributed by atoms with Crippen molar-refractivity contribution in [3.8, 4) is 0 Å². The molecule has 0 aromatic heterocycles. The normalized spacial score (nSPS) is 15.9. The van der Waals surface area contributed by atoms with E-state index >= 15 is 0 Å². The van der Waals surface area contributed by atoms with Crippen molar-refractivity contribution in [1.29, 1.82) is 0 Å². The fourth-order valence-corrected chi connectivity index (χ4v) is 4.07. The van der Waals surface area contributed by atoms with Gasteiger partial charge in [-0.3, -0.25) is 19.8 Å². The topological polar surface area (TPSA) is 66.5 Å². The number of hydrogen-bond acceptors (Lipinski definition) is 3. The second kappa shape index (κ2) is 10.2. The number of amides is 4. The number of rotatable bonds is 10. The molecule has 0 unspecified atom stereocenters. The number of barbiturate groups is 1. The Bertz CT molecular complexity index is 823. The first-order chi connectivity index (χ1) is 14.6. The van der Waals surface area contributed by atoms with E-state index in [2.05, 4.69) is 12.2 Å². The molecule has 5 heteroatoms. The Morgan fingerprint density at radius 1 is 0.767 bits per heavy atom. The zero-order chi connectivity index (χ0) is 21.4. The highest BCUT2D eigenvalue weighted by atomic mass is 16.2. The summed E-state index contributed by atoms with van der Waals surface area (Å²) in [6, 6.07) is 18.5. The Morgan fingerprint density at radius 3 is 1.83 bits per heavy atom. The molecule has 4 amide bonds. The Balaban J connectivity index is 1.88. The van der Waals surface area contributed by atoms with E-state index in [1.807, 2.05) is 60.7 Å². The van der Waals surface area contributed by atoms with Crippen LogP contribution in [0.4, 0.5) is 4.79 Å². The number of carbonyl (C=O) groups excluding carboxylic acids is 3. The average Bonchev–Trinajstić information content (AvgIpc) is 2.75. The van der Waals surface area contributed by atoms with Gasteiger partial charge in [0.05, 0.1) is 0 Å². The molecule has 1 N–H and O–H groups in total. The molecule has 5 nitrogen and oxygen atoms in total. The number of imide groups is 2. The van der Waals surface area contributed by atoms with Gasteiger partial charge < -0.3 is 0 Å². The van der Waals surface area contributed by atoms with Crippen molar-refractivity contribution in [2.75, 3.05) is 6.54 Å². The fourth-order valence-electron chi connectivity index (χ4n) is 4.07. The smallest absolute Gasteiger partial charge is 0.277 e. The van der Waals surface area contributed by atoms with Crippen molar-refractivity contribution in [3.63, 3.8) is 0 Å². The molecule has 0 bridgehead atoms. The van der Waals surface area contributed by atoms with Gasteiger partial charge in [0.2, 0.25) is 11.8 Å². The molecule has 2 aromatic rings. The number of unbranched alkanes of at least 4 members (excludes halogenated alkanes) is 4. The monoisotopic (exact) mass is 406 g/mol. The molecule has 0 atom stereocenters. The van der Waals surface area contributed by atoms with E-state index in [-0.39, 0.29) is 18.7 Å². The lowest BCUT2D eigenvalue weighted by molar-refractivity contribution is -0.151. The van der Waals surface area contributed by atoms with Crippen molar-refractivity contribution in [2.24, 2.45) is 5.41 Å². The van der Waals surface area contributed by atoms with Crippen LogP contribution in [0.3, 0.4) is 0 Å². The molecule has 0 spiro atoms. The van der Waals surface area contributed by atoms with Crippen LogP contribution < -0.4 is 5.32 Å². The second-order valence-electron chi connectivity index (χ2n) is 8.04. The summed E-state index contributed by atoms with van der Waals surface area (Å²) in [5, 5.41) is 2.47. The molecule has 1 heterocycles. The number of hydrogen-bond donors (Lipinski definition) is 1. The van der Waals surface area contributed by atoms with Gasteiger partial charge in [-0.25, -0.2) is 4.79 Å². The van der Waals surface area contributed by atoms with Gasteiger partial charge in [-0.1, -0.05) is 93.3 Å². The second-order valence-corrected chi connectivity index (χ2v) is 8.04. The van der Waals surface area contributed by atoms with Gasteiger partial charge in [-0.05, 0) is 30.4 Å². The van der Waals surface area contributed by atoms with Crippen LogP contribution in [0.1, 0.15) is 50.2 Å².